The molecule has 0 aromatic carbocycles. The number of fused-ring (bicyclic) bond motifs is 1. The van der Waals surface area contributed by atoms with Crippen molar-refractivity contribution in [2.45, 2.75) is 0 Å². The minimum absolute atomic E-state index is 0.177. The molecule has 4 rings (SSSR count). The van der Waals surface area contributed by atoms with Crippen LogP contribution in [0.25, 0.3) is 10.2 Å². The van der Waals surface area contributed by atoms with E-state index in [2.05, 4.69) is 27.4 Å². The van der Waals surface area contributed by atoms with Crippen LogP contribution in [0.1, 0.15) is 0 Å². The van der Waals surface area contributed by atoms with Gasteiger partial charge in [-0.2, -0.15) is 11.8 Å². The maximum absolute atomic E-state index is 12.5. The smallest absolute Gasteiger partial charge is 0.229 e. The zero-order valence-corrected chi connectivity index (χ0v) is 13.3. The summed E-state index contributed by atoms with van der Waals surface area (Å²) in [4.78, 5) is 21.2. The van der Waals surface area contributed by atoms with Crippen LogP contribution in [0, 0.1) is 5.92 Å². The summed E-state index contributed by atoms with van der Waals surface area (Å²) < 4.78 is 1.23. The third-order valence-corrected chi connectivity index (χ3v) is 6.09. The van der Waals surface area contributed by atoms with Crippen molar-refractivity contribution >= 4 is 44.9 Å². The number of hydrogen-bond donors (Lipinski definition) is 0. The maximum Gasteiger partial charge on any atom is 0.229 e. The molecule has 2 aliphatic rings. The van der Waals surface area contributed by atoms with E-state index in [-0.39, 0.29) is 5.92 Å². The second kappa shape index (κ2) is 5.50. The zero-order valence-electron chi connectivity index (χ0n) is 11.7. The molecule has 1 amide bonds. The summed E-state index contributed by atoms with van der Waals surface area (Å²) in [5.74, 6) is 2.70. The number of hydrogen-bond acceptors (Lipinski definition) is 5. The molecule has 0 N–H and O–H groups in total. The normalized spacial score (nSPS) is 19.8. The topological polar surface area (TPSA) is 36.4 Å². The highest BCUT2D eigenvalue weighted by Gasteiger charge is 2.36. The lowest BCUT2D eigenvalue weighted by Gasteiger charge is -2.42. The van der Waals surface area contributed by atoms with Crippen molar-refractivity contribution in [3.8, 4) is 0 Å². The lowest BCUT2D eigenvalue weighted by atomic mass is 9.97. The van der Waals surface area contributed by atoms with Crippen LogP contribution in [-0.4, -0.2) is 53.5 Å². The Morgan fingerprint density at radius 3 is 2.86 bits per heavy atom. The number of thiophene rings is 1. The summed E-state index contributed by atoms with van der Waals surface area (Å²) in [6, 6.07) is 4.12. The molecule has 0 unspecified atom stereocenters. The van der Waals surface area contributed by atoms with Crippen LogP contribution < -0.4 is 4.90 Å². The van der Waals surface area contributed by atoms with Gasteiger partial charge in [-0.05, 0) is 17.5 Å². The Morgan fingerprint density at radius 1 is 1.24 bits per heavy atom. The third kappa shape index (κ3) is 2.40. The van der Waals surface area contributed by atoms with E-state index in [1.54, 1.807) is 11.3 Å². The van der Waals surface area contributed by atoms with Gasteiger partial charge < -0.3 is 9.80 Å². The summed E-state index contributed by atoms with van der Waals surface area (Å²) >= 11 is 3.67. The van der Waals surface area contributed by atoms with Crippen LogP contribution in [-0.2, 0) is 4.79 Å². The number of thioether (sulfide) groups is 1. The van der Waals surface area contributed by atoms with E-state index in [1.165, 1.54) is 10.4 Å². The van der Waals surface area contributed by atoms with Crippen LogP contribution in [0.4, 0.5) is 5.69 Å². The second-order valence-electron chi connectivity index (χ2n) is 5.50. The molecule has 0 aliphatic carbocycles. The van der Waals surface area contributed by atoms with E-state index >= 15 is 0 Å². The maximum atomic E-state index is 12.5. The summed E-state index contributed by atoms with van der Waals surface area (Å²) in [6.45, 7) is 3.54. The van der Waals surface area contributed by atoms with Crippen molar-refractivity contribution in [1.29, 1.82) is 0 Å². The van der Waals surface area contributed by atoms with Gasteiger partial charge in [0, 0.05) is 43.9 Å². The molecule has 2 fully saturated rings. The molecule has 0 bridgehead atoms. The van der Waals surface area contributed by atoms with E-state index < -0.39 is 0 Å². The molecule has 0 spiro atoms. The Labute approximate surface area is 132 Å². The molecule has 2 aliphatic heterocycles. The third-order valence-electron chi connectivity index (χ3n) is 4.22. The second-order valence-corrected chi connectivity index (χ2v) is 7.65. The molecule has 6 heteroatoms. The average Bonchev–Trinajstić information content (AvgIpc) is 2.96. The number of aromatic nitrogens is 1. The van der Waals surface area contributed by atoms with E-state index in [0.29, 0.717) is 5.91 Å². The minimum Gasteiger partial charge on any atom is -0.369 e. The summed E-state index contributed by atoms with van der Waals surface area (Å²) in [5.41, 5.74) is 2.29. The van der Waals surface area contributed by atoms with Crippen molar-refractivity contribution in [3.63, 3.8) is 0 Å². The number of anilines is 1. The summed E-state index contributed by atoms with van der Waals surface area (Å²) in [7, 11) is 0. The van der Waals surface area contributed by atoms with Gasteiger partial charge in [-0.3, -0.25) is 9.78 Å². The molecular formula is C15H17N3OS2. The largest absolute Gasteiger partial charge is 0.369 e. The molecule has 0 saturated carbocycles. The van der Waals surface area contributed by atoms with Crippen LogP contribution in [0.15, 0.2) is 23.7 Å². The molecule has 0 radical (unpaired) electrons. The fourth-order valence-electron chi connectivity index (χ4n) is 2.98. The van der Waals surface area contributed by atoms with Gasteiger partial charge in [-0.1, -0.05) is 0 Å². The fourth-order valence-corrected chi connectivity index (χ4v) is 4.78. The Kier molecular flexibility index (Phi) is 3.51. The monoisotopic (exact) mass is 319 g/mol. The van der Waals surface area contributed by atoms with Gasteiger partial charge in [0.15, 0.2) is 0 Å². The zero-order chi connectivity index (χ0) is 14.2. The molecule has 2 saturated heterocycles. The van der Waals surface area contributed by atoms with Crippen molar-refractivity contribution in [3.05, 3.63) is 23.7 Å². The van der Waals surface area contributed by atoms with Crippen LogP contribution in [0.3, 0.4) is 0 Å². The first kappa shape index (κ1) is 13.4. The van der Waals surface area contributed by atoms with Crippen molar-refractivity contribution in [1.82, 2.24) is 9.88 Å². The quantitative estimate of drug-likeness (QED) is 0.851. The standard InChI is InChI=1S/C15H17N3OS2/c19-15(17-4-7-20-8-5-17)11-9-18(10-11)13-1-3-16-12-2-6-21-14(12)13/h1-3,6,11H,4-5,7-10H2. The van der Waals surface area contributed by atoms with E-state index in [4.69, 9.17) is 0 Å². The first-order chi connectivity index (χ1) is 10.3. The molecule has 4 nitrogen and oxygen atoms in total. The van der Waals surface area contributed by atoms with Crippen molar-refractivity contribution in [2.75, 3.05) is 42.6 Å². The molecule has 21 heavy (non-hydrogen) atoms. The highest BCUT2D eigenvalue weighted by atomic mass is 32.2. The Morgan fingerprint density at radius 2 is 2.05 bits per heavy atom. The first-order valence-corrected chi connectivity index (χ1v) is 9.30. The number of rotatable bonds is 2. The highest BCUT2D eigenvalue weighted by Crippen LogP contribution is 2.34. The fraction of sp³-hybridized carbons (Fsp3) is 0.467. The minimum atomic E-state index is 0.177. The van der Waals surface area contributed by atoms with Gasteiger partial charge in [0.25, 0.3) is 0 Å². The van der Waals surface area contributed by atoms with Gasteiger partial charge in [-0.15, -0.1) is 11.3 Å². The Balaban J connectivity index is 1.45. The number of carbonyl (C=O) groups is 1. The van der Waals surface area contributed by atoms with Crippen LogP contribution >= 0.6 is 23.1 Å². The molecule has 4 heterocycles. The average molecular weight is 319 g/mol. The van der Waals surface area contributed by atoms with Crippen molar-refractivity contribution < 1.29 is 4.79 Å². The Hall–Kier alpha value is -1.27. The van der Waals surface area contributed by atoms with Gasteiger partial charge in [0.1, 0.15) is 0 Å². The lowest BCUT2D eigenvalue weighted by molar-refractivity contribution is -0.135. The Bertz CT molecular complexity index is 660. The number of pyridine rings is 1. The molecule has 2 aromatic rings. The van der Waals surface area contributed by atoms with Gasteiger partial charge in [0.05, 0.1) is 21.8 Å². The first-order valence-electron chi connectivity index (χ1n) is 7.26. The highest BCUT2D eigenvalue weighted by molar-refractivity contribution is 7.99. The van der Waals surface area contributed by atoms with Gasteiger partial charge >= 0.3 is 0 Å². The van der Waals surface area contributed by atoms with Crippen molar-refractivity contribution in [2.24, 2.45) is 5.92 Å². The van der Waals surface area contributed by atoms with Gasteiger partial charge in [-0.25, -0.2) is 0 Å². The SMILES string of the molecule is O=C(C1CN(c2ccnc3ccsc23)C1)N1CCSCC1. The lowest BCUT2D eigenvalue weighted by Crippen LogP contribution is -2.55. The predicted molar refractivity (Wildman–Crippen MR) is 89.2 cm³/mol. The molecular weight excluding hydrogens is 302 g/mol. The summed E-state index contributed by atoms with van der Waals surface area (Å²) in [5, 5.41) is 2.08. The van der Waals surface area contributed by atoms with Gasteiger partial charge in [0.2, 0.25) is 5.91 Å². The summed E-state index contributed by atoms with van der Waals surface area (Å²) in [6.07, 6.45) is 1.86. The number of carbonyl (C=O) groups excluding carboxylic acids is 1. The predicted octanol–water partition coefficient (Wildman–Crippen LogP) is 2.31. The molecule has 0 atom stereocenters. The molecule has 110 valence electrons. The molecule has 2 aromatic heterocycles. The van der Waals surface area contributed by atoms with Crippen LogP contribution in [0.2, 0.25) is 0 Å². The number of amides is 1. The van der Waals surface area contributed by atoms with E-state index in [0.717, 1.165) is 43.2 Å². The van der Waals surface area contributed by atoms with E-state index in [1.807, 2.05) is 22.9 Å². The number of nitrogens with zero attached hydrogens (tertiary/aromatic N) is 3. The van der Waals surface area contributed by atoms with E-state index in [9.17, 15) is 4.79 Å². The van der Waals surface area contributed by atoms with Crippen LogP contribution in [0.5, 0.6) is 0 Å².